The summed E-state index contributed by atoms with van der Waals surface area (Å²) in [6.07, 6.45) is 0.791. The molecule has 0 unspecified atom stereocenters. The summed E-state index contributed by atoms with van der Waals surface area (Å²) in [4.78, 5) is 7.02. The largest absolute Gasteiger partial charge is 0.495 e. The number of rotatable bonds is 6. The molecule has 0 N–H and O–H groups in total. The highest BCUT2D eigenvalue weighted by Gasteiger charge is 2.31. The highest BCUT2D eigenvalue weighted by Crippen LogP contribution is 2.31. The number of methoxy groups -OCH3 is 1. The van der Waals surface area contributed by atoms with Crippen LogP contribution in [0.15, 0.2) is 52.7 Å². The van der Waals surface area contributed by atoms with Gasteiger partial charge in [-0.05, 0) is 30.7 Å². The average Bonchev–Trinajstić information content (AvgIpc) is 3.24. The predicted molar refractivity (Wildman–Crippen MR) is 125 cm³/mol. The van der Waals surface area contributed by atoms with Crippen LogP contribution < -0.4 is 9.64 Å². The monoisotopic (exact) mass is 477 g/mol. The standard InChI is InChI=1S/C22H24ClN3O3S2/c1-16-3-5-17(6-4-16)13-19-15-30-22(24-19)25-9-11-26(12-10-25)31(27,28)21-14-18(23)7-8-20(21)29-2/h3-8,14-15H,9-13H2,1-2H3. The molecule has 0 saturated carbocycles. The molecule has 0 aliphatic carbocycles. The number of hydrogen-bond donors (Lipinski definition) is 0. The Balaban J connectivity index is 1.42. The minimum atomic E-state index is -3.69. The zero-order chi connectivity index (χ0) is 22.0. The summed E-state index contributed by atoms with van der Waals surface area (Å²) in [5.41, 5.74) is 3.50. The summed E-state index contributed by atoms with van der Waals surface area (Å²) in [5.74, 6) is 0.299. The van der Waals surface area contributed by atoms with Crippen LogP contribution in [0.4, 0.5) is 5.13 Å². The number of piperazine rings is 1. The smallest absolute Gasteiger partial charge is 0.246 e. The first-order chi connectivity index (χ1) is 14.9. The van der Waals surface area contributed by atoms with Crippen molar-refractivity contribution in [3.63, 3.8) is 0 Å². The molecule has 0 amide bonds. The third kappa shape index (κ3) is 4.87. The van der Waals surface area contributed by atoms with Crippen LogP contribution in [0.5, 0.6) is 5.75 Å². The molecule has 0 atom stereocenters. The maximum Gasteiger partial charge on any atom is 0.246 e. The second-order valence-electron chi connectivity index (χ2n) is 7.47. The van der Waals surface area contributed by atoms with Gasteiger partial charge in [0.05, 0.1) is 12.8 Å². The second-order valence-corrected chi connectivity index (χ2v) is 10.6. The Kier molecular flexibility index (Phi) is 6.52. The maximum absolute atomic E-state index is 13.1. The van der Waals surface area contributed by atoms with Crippen molar-refractivity contribution in [1.29, 1.82) is 0 Å². The summed E-state index contributed by atoms with van der Waals surface area (Å²) in [6, 6.07) is 13.1. The fourth-order valence-electron chi connectivity index (χ4n) is 3.55. The number of aromatic nitrogens is 1. The Morgan fingerprint density at radius 1 is 1.10 bits per heavy atom. The lowest BCUT2D eigenvalue weighted by Crippen LogP contribution is -2.48. The highest BCUT2D eigenvalue weighted by atomic mass is 35.5. The Hall–Kier alpha value is -2.13. The van der Waals surface area contributed by atoms with E-state index in [2.05, 4.69) is 41.5 Å². The van der Waals surface area contributed by atoms with E-state index in [-0.39, 0.29) is 4.90 Å². The van der Waals surface area contributed by atoms with Gasteiger partial charge >= 0.3 is 0 Å². The first-order valence-electron chi connectivity index (χ1n) is 9.95. The van der Waals surface area contributed by atoms with Crippen molar-refractivity contribution < 1.29 is 13.2 Å². The Labute approximate surface area is 192 Å². The summed E-state index contributed by atoms with van der Waals surface area (Å²) >= 11 is 7.64. The van der Waals surface area contributed by atoms with Crippen LogP contribution in [0.25, 0.3) is 0 Å². The van der Waals surface area contributed by atoms with Gasteiger partial charge in [0.1, 0.15) is 10.6 Å². The summed E-state index contributed by atoms with van der Waals surface area (Å²) in [6.45, 7) is 4.00. The van der Waals surface area contributed by atoms with Crippen LogP contribution in [0.3, 0.4) is 0 Å². The molecular weight excluding hydrogens is 454 g/mol. The lowest BCUT2D eigenvalue weighted by atomic mass is 10.1. The predicted octanol–water partition coefficient (Wildman–Crippen LogP) is 4.22. The van der Waals surface area contributed by atoms with E-state index in [4.69, 9.17) is 21.3 Å². The number of aryl methyl sites for hydroxylation is 1. The molecule has 1 aliphatic heterocycles. The van der Waals surface area contributed by atoms with E-state index < -0.39 is 10.0 Å². The van der Waals surface area contributed by atoms with Gasteiger partial charge in [0.25, 0.3) is 0 Å². The molecular formula is C22H24ClN3O3S2. The molecule has 3 aromatic rings. The number of sulfonamides is 1. The molecule has 9 heteroatoms. The van der Waals surface area contributed by atoms with Gasteiger partial charge in [-0.2, -0.15) is 4.31 Å². The van der Waals surface area contributed by atoms with Gasteiger partial charge in [-0.1, -0.05) is 41.4 Å². The van der Waals surface area contributed by atoms with Crippen molar-refractivity contribution in [1.82, 2.24) is 9.29 Å². The first kappa shape index (κ1) is 22.1. The number of hydrogen-bond acceptors (Lipinski definition) is 6. The van der Waals surface area contributed by atoms with E-state index in [9.17, 15) is 8.42 Å². The molecule has 6 nitrogen and oxygen atoms in total. The second kappa shape index (κ2) is 9.16. The van der Waals surface area contributed by atoms with Gasteiger partial charge < -0.3 is 9.64 Å². The van der Waals surface area contributed by atoms with E-state index in [0.29, 0.717) is 37.0 Å². The normalized spacial score (nSPS) is 15.3. The molecule has 0 radical (unpaired) electrons. The molecule has 1 aromatic heterocycles. The molecule has 164 valence electrons. The van der Waals surface area contributed by atoms with Gasteiger partial charge in [0.15, 0.2) is 5.13 Å². The zero-order valence-corrected chi connectivity index (χ0v) is 19.8. The molecule has 1 fully saturated rings. The van der Waals surface area contributed by atoms with Gasteiger partial charge in [-0.15, -0.1) is 11.3 Å². The fraction of sp³-hybridized carbons (Fsp3) is 0.318. The maximum atomic E-state index is 13.1. The topological polar surface area (TPSA) is 62.7 Å². The molecule has 2 heterocycles. The Morgan fingerprint density at radius 2 is 1.81 bits per heavy atom. The molecule has 31 heavy (non-hydrogen) atoms. The quantitative estimate of drug-likeness (QED) is 0.532. The van der Waals surface area contributed by atoms with Gasteiger partial charge in [-0.25, -0.2) is 13.4 Å². The van der Waals surface area contributed by atoms with Crippen molar-refractivity contribution in [2.45, 2.75) is 18.2 Å². The van der Waals surface area contributed by atoms with Crippen LogP contribution in [-0.2, 0) is 16.4 Å². The van der Waals surface area contributed by atoms with Crippen LogP contribution in [-0.4, -0.2) is 51.0 Å². The lowest BCUT2D eigenvalue weighted by Gasteiger charge is -2.34. The van der Waals surface area contributed by atoms with Gasteiger partial charge in [0, 0.05) is 43.0 Å². The molecule has 2 aromatic carbocycles. The average molecular weight is 478 g/mol. The summed E-state index contributed by atoms with van der Waals surface area (Å²) in [5, 5.41) is 3.37. The van der Waals surface area contributed by atoms with Crippen molar-refractivity contribution >= 4 is 38.1 Å². The minimum Gasteiger partial charge on any atom is -0.495 e. The zero-order valence-electron chi connectivity index (χ0n) is 17.4. The molecule has 1 aliphatic rings. The Morgan fingerprint density at radius 3 is 2.48 bits per heavy atom. The van der Waals surface area contributed by atoms with Crippen molar-refractivity contribution in [2.24, 2.45) is 0 Å². The van der Waals surface area contributed by atoms with Crippen molar-refractivity contribution in [3.05, 3.63) is 69.7 Å². The number of benzene rings is 2. The van der Waals surface area contributed by atoms with E-state index in [0.717, 1.165) is 17.2 Å². The Bertz CT molecular complexity index is 1150. The summed E-state index contributed by atoms with van der Waals surface area (Å²) in [7, 11) is -2.24. The molecule has 4 rings (SSSR count). The third-order valence-corrected chi connectivity index (χ3v) is 8.40. The summed E-state index contributed by atoms with van der Waals surface area (Å²) < 4.78 is 33.0. The first-order valence-corrected chi connectivity index (χ1v) is 12.6. The van der Waals surface area contributed by atoms with E-state index in [1.54, 1.807) is 23.5 Å². The van der Waals surface area contributed by atoms with Crippen LogP contribution in [0, 0.1) is 6.92 Å². The number of halogens is 1. The lowest BCUT2D eigenvalue weighted by molar-refractivity contribution is 0.374. The van der Waals surface area contributed by atoms with Crippen LogP contribution in [0.1, 0.15) is 16.8 Å². The van der Waals surface area contributed by atoms with Crippen molar-refractivity contribution in [3.8, 4) is 5.75 Å². The highest BCUT2D eigenvalue weighted by molar-refractivity contribution is 7.89. The number of nitrogens with zero attached hydrogens (tertiary/aromatic N) is 3. The van der Waals surface area contributed by atoms with Crippen molar-refractivity contribution in [2.75, 3.05) is 38.2 Å². The number of anilines is 1. The van der Waals surface area contributed by atoms with Gasteiger partial charge in [-0.3, -0.25) is 0 Å². The van der Waals surface area contributed by atoms with E-state index in [1.165, 1.54) is 28.6 Å². The van der Waals surface area contributed by atoms with Gasteiger partial charge in [0.2, 0.25) is 10.0 Å². The molecule has 0 bridgehead atoms. The minimum absolute atomic E-state index is 0.102. The van der Waals surface area contributed by atoms with E-state index >= 15 is 0 Å². The SMILES string of the molecule is COc1ccc(Cl)cc1S(=O)(=O)N1CCN(c2nc(Cc3ccc(C)cc3)cs2)CC1. The van der Waals surface area contributed by atoms with Crippen LogP contribution >= 0.6 is 22.9 Å². The number of ether oxygens (including phenoxy) is 1. The fourth-order valence-corrected chi connectivity index (χ4v) is 6.27. The van der Waals surface area contributed by atoms with E-state index in [1.807, 2.05) is 0 Å². The van der Waals surface area contributed by atoms with Crippen LogP contribution in [0.2, 0.25) is 5.02 Å². The molecule has 1 saturated heterocycles. The molecule has 0 spiro atoms. The number of thiazole rings is 1. The third-order valence-electron chi connectivity index (χ3n) is 5.30.